The third kappa shape index (κ3) is 4.38. The van der Waals surface area contributed by atoms with Gasteiger partial charge < -0.3 is 10.2 Å². The topological polar surface area (TPSA) is 45.2 Å². The monoisotopic (exact) mass is 371 g/mol. The molecule has 6 heteroatoms. The van der Waals surface area contributed by atoms with Crippen LogP contribution in [0.4, 0.5) is 5.69 Å². The molecule has 1 N–H and O–H groups in total. The average Bonchev–Trinajstić information content (AvgIpc) is 3.11. The fourth-order valence-corrected chi connectivity index (χ4v) is 3.17. The molecule has 0 fully saturated rings. The maximum atomic E-state index is 12.3. The van der Waals surface area contributed by atoms with Crippen LogP contribution in [0.3, 0.4) is 0 Å². The van der Waals surface area contributed by atoms with E-state index in [4.69, 9.17) is 11.6 Å². The fourth-order valence-electron chi connectivity index (χ4n) is 2.30. The molecule has 0 saturated heterocycles. The predicted molar refractivity (Wildman–Crippen MR) is 104 cm³/mol. The van der Waals surface area contributed by atoms with Gasteiger partial charge in [-0.1, -0.05) is 35.9 Å². The second kappa shape index (κ2) is 7.68. The van der Waals surface area contributed by atoms with Crippen LogP contribution in [0.1, 0.15) is 15.4 Å². The number of anilines is 1. The van der Waals surface area contributed by atoms with E-state index in [0.717, 1.165) is 22.5 Å². The highest BCUT2D eigenvalue weighted by Crippen LogP contribution is 2.23. The van der Waals surface area contributed by atoms with Gasteiger partial charge in [0.2, 0.25) is 0 Å². The number of hydrogen-bond acceptors (Lipinski definition) is 4. The number of nitrogens with zero attached hydrogens (tertiary/aromatic N) is 2. The van der Waals surface area contributed by atoms with Crippen molar-refractivity contribution in [2.45, 2.75) is 6.54 Å². The van der Waals surface area contributed by atoms with Gasteiger partial charge in [-0.2, -0.15) is 0 Å². The van der Waals surface area contributed by atoms with E-state index in [1.54, 1.807) is 0 Å². The lowest BCUT2D eigenvalue weighted by Crippen LogP contribution is -2.22. The first kappa shape index (κ1) is 17.5. The van der Waals surface area contributed by atoms with Gasteiger partial charge in [0.25, 0.3) is 5.91 Å². The summed E-state index contributed by atoms with van der Waals surface area (Å²) < 4.78 is 0. The van der Waals surface area contributed by atoms with Crippen molar-refractivity contribution in [2.75, 3.05) is 19.0 Å². The number of rotatable bonds is 5. The van der Waals surface area contributed by atoms with E-state index in [-0.39, 0.29) is 5.91 Å². The van der Waals surface area contributed by atoms with E-state index in [1.165, 1.54) is 11.3 Å². The second-order valence-corrected chi connectivity index (χ2v) is 7.08. The minimum Gasteiger partial charge on any atom is -0.378 e. The van der Waals surface area contributed by atoms with E-state index in [9.17, 15) is 4.79 Å². The van der Waals surface area contributed by atoms with Crippen molar-refractivity contribution in [1.82, 2.24) is 10.3 Å². The van der Waals surface area contributed by atoms with Crippen molar-refractivity contribution in [3.05, 3.63) is 69.5 Å². The number of amides is 1. The molecule has 4 nitrogen and oxygen atoms in total. The molecule has 128 valence electrons. The van der Waals surface area contributed by atoms with Gasteiger partial charge in [-0.25, -0.2) is 4.98 Å². The molecule has 3 aromatic rings. The Morgan fingerprint density at radius 1 is 1.12 bits per heavy atom. The highest BCUT2D eigenvalue weighted by Gasteiger charge is 2.12. The van der Waals surface area contributed by atoms with Crippen LogP contribution in [0, 0.1) is 0 Å². The summed E-state index contributed by atoms with van der Waals surface area (Å²) >= 11 is 7.23. The van der Waals surface area contributed by atoms with E-state index in [0.29, 0.717) is 16.6 Å². The first-order valence-electron chi connectivity index (χ1n) is 7.79. The molecule has 0 aliphatic heterocycles. The highest BCUT2D eigenvalue weighted by molar-refractivity contribution is 7.12. The molecule has 0 aliphatic rings. The van der Waals surface area contributed by atoms with Crippen LogP contribution >= 0.6 is 22.9 Å². The quantitative estimate of drug-likeness (QED) is 0.720. The summed E-state index contributed by atoms with van der Waals surface area (Å²) in [6.07, 6.45) is 0. The molecule has 0 bridgehead atoms. The Morgan fingerprint density at radius 2 is 1.80 bits per heavy atom. The van der Waals surface area contributed by atoms with E-state index in [2.05, 4.69) is 10.3 Å². The minimum atomic E-state index is -0.165. The third-order valence-corrected chi connectivity index (χ3v) is 4.84. The number of aromatic nitrogens is 1. The molecule has 0 saturated carbocycles. The number of nitrogens with one attached hydrogen (secondary N) is 1. The number of thiazole rings is 1. The molecule has 1 amide bonds. The molecule has 25 heavy (non-hydrogen) atoms. The maximum Gasteiger partial charge on any atom is 0.280 e. The van der Waals surface area contributed by atoms with Crippen molar-refractivity contribution in [3.63, 3.8) is 0 Å². The van der Waals surface area contributed by atoms with Crippen LogP contribution in [0.2, 0.25) is 5.02 Å². The predicted octanol–water partition coefficient (Wildman–Crippen LogP) is 4.46. The van der Waals surface area contributed by atoms with Crippen LogP contribution < -0.4 is 10.2 Å². The Kier molecular flexibility index (Phi) is 5.36. The van der Waals surface area contributed by atoms with Gasteiger partial charge in [-0.05, 0) is 29.8 Å². The van der Waals surface area contributed by atoms with E-state index < -0.39 is 0 Å². The lowest BCUT2D eigenvalue weighted by molar-refractivity contribution is 0.0950. The van der Waals surface area contributed by atoms with Gasteiger partial charge in [0.05, 0.1) is 5.69 Å². The lowest BCUT2D eigenvalue weighted by Gasteiger charge is -2.12. The van der Waals surface area contributed by atoms with E-state index >= 15 is 0 Å². The smallest absolute Gasteiger partial charge is 0.280 e. The van der Waals surface area contributed by atoms with Crippen molar-refractivity contribution in [1.29, 1.82) is 0 Å². The number of carbonyl (C=O) groups is 1. The number of carbonyl (C=O) groups excluding carboxylic acids is 1. The Bertz CT molecular complexity index is 857. The summed E-state index contributed by atoms with van der Waals surface area (Å²) in [4.78, 5) is 18.8. The standard InChI is InChI=1S/C19H18ClN3OS/c1-23(2)16-9-3-13(4-10-16)11-21-18(24)19-22-17(12-25-19)14-5-7-15(20)8-6-14/h3-10,12H,11H2,1-2H3,(H,21,24). The molecule has 1 heterocycles. The van der Waals surface area contributed by atoms with Crippen molar-refractivity contribution < 1.29 is 4.79 Å². The first-order valence-corrected chi connectivity index (χ1v) is 9.04. The summed E-state index contributed by atoms with van der Waals surface area (Å²) in [6.45, 7) is 0.475. The molecule has 0 unspecified atom stereocenters. The Morgan fingerprint density at radius 3 is 2.44 bits per heavy atom. The zero-order valence-corrected chi connectivity index (χ0v) is 15.6. The van der Waals surface area contributed by atoms with Gasteiger partial charge in [-0.15, -0.1) is 11.3 Å². The van der Waals surface area contributed by atoms with Crippen LogP contribution in [0.25, 0.3) is 11.3 Å². The molecule has 1 aromatic heterocycles. The minimum absolute atomic E-state index is 0.165. The van der Waals surface area contributed by atoms with Crippen molar-refractivity contribution in [2.24, 2.45) is 0 Å². The molecular formula is C19H18ClN3OS. The number of halogens is 1. The lowest BCUT2D eigenvalue weighted by atomic mass is 10.2. The Balaban J connectivity index is 1.63. The normalized spacial score (nSPS) is 10.5. The summed E-state index contributed by atoms with van der Waals surface area (Å²) in [5.41, 5.74) is 3.90. The maximum absolute atomic E-state index is 12.3. The molecule has 0 spiro atoms. The second-order valence-electron chi connectivity index (χ2n) is 5.79. The number of benzene rings is 2. The van der Waals surface area contributed by atoms with Crippen LogP contribution in [-0.4, -0.2) is 25.0 Å². The zero-order chi connectivity index (χ0) is 17.8. The SMILES string of the molecule is CN(C)c1ccc(CNC(=O)c2nc(-c3ccc(Cl)cc3)cs2)cc1. The van der Waals surface area contributed by atoms with Crippen molar-refractivity contribution in [3.8, 4) is 11.3 Å². The number of hydrogen-bond donors (Lipinski definition) is 1. The third-order valence-electron chi connectivity index (χ3n) is 3.74. The Labute approximate surface area is 156 Å². The first-order chi connectivity index (χ1) is 12.0. The summed E-state index contributed by atoms with van der Waals surface area (Å²) in [5, 5.41) is 5.92. The molecule has 0 aliphatic carbocycles. The largest absolute Gasteiger partial charge is 0.378 e. The molecule has 0 radical (unpaired) electrons. The van der Waals surface area contributed by atoms with Crippen LogP contribution in [0.5, 0.6) is 0 Å². The van der Waals surface area contributed by atoms with Crippen LogP contribution in [0.15, 0.2) is 53.9 Å². The molecule has 3 rings (SSSR count). The molecular weight excluding hydrogens is 354 g/mol. The summed E-state index contributed by atoms with van der Waals surface area (Å²) in [6, 6.07) is 15.5. The summed E-state index contributed by atoms with van der Waals surface area (Å²) in [5.74, 6) is -0.165. The van der Waals surface area contributed by atoms with Gasteiger partial charge in [0.15, 0.2) is 5.01 Å². The van der Waals surface area contributed by atoms with Gasteiger partial charge >= 0.3 is 0 Å². The Hall–Kier alpha value is -2.37. The highest BCUT2D eigenvalue weighted by atomic mass is 35.5. The zero-order valence-electron chi connectivity index (χ0n) is 14.0. The van der Waals surface area contributed by atoms with Gasteiger partial charge in [0, 0.05) is 42.3 Å². The fraction of sp³-hybridized carbons (Fsp3) is 0.158. The van der Waals surface area contributed by atoms with Crippen LogP contribution in [-0.2, 0) is 6.54 Å². The van der Waals surface area contributed by atoms with E-state index in [1.807, 2.05) is 72.9 Å². The summed E-state index contributed by atoms with van der Waals surface area (Å²) in [7, 11) is 4.00. The van der Waals surface area contributed by atoms with Crippen molar-refractivity contribution >= 4 is 34.5 Å². The average molecular weight is 372 g/mol. The van der Waals surface area contributed by atoms with Gasteiger partial charge in [-0.3, -0.25) is 4.79 Å². The molecule has 0 atom stereocenters. The molecule has 2 aromatic carbocycles. The van der Waals surface area contributed by atoms with Gasteiger partial charge in [0.1, 0.15) is 0 Å².